The minimum absolute atomic E-state index is 0.0412. The predicted molar refractivity (Wildman–Crippen MR) is 115 cm³/mol. The highest BCUT2D eigenvalue weighted by molar-refractivity contribution is 7.90. The van der Waals surface area contributed by atoms with Gasteiger partial charge in [-0.05, 0) is 55.2 Å². The number of rotatable bonds is 4. The topological polar surface area (TPSA) is 100 Å². The van der Waals surface area contributed by atoms with Crippen LogP contribution < -0.4 is 5.56 Å². The lowest BCUT2D eigenvalue weighted by Gasteiger charge is -2.24. The lowest BCUT2D eigenvalue weighted by atomic mass is 10.0. The molecule has 0 spiro atoms. The minimum atomic E-state index is -3.42. The minimum Gasteiger partial charge on any atom is -0.334 e. The van der Waals surface area contributed by atoms with Crippen LogP contribution in [0.1, 0.15) is 28.9 Å². The van der Waals surface area contributed by atoms with Gasteiger partial charge in [-0.25, -0.2) is 13.4 Å². The second-order valence-electron chi connectivity index (χ2n) is 7.49. The van der Waals surface area contributed by atoms with Crippen LogP contribution in [0.15, 0.2) is 52.2 Å². The summed E-state index contributed by atoms with van der Waals surface area (Å²) in [6, 6.07) is 11.7. The lowest BCUT2D eigenvalue weighted by Crippen LogP contribution is -2.40. The van der Waals surface area contributed by atoms with Crippen molar-refractivity contribution in [2.45, 2.75) is 30.2 Å². The van der Waals surface area contributed by atoms with E-state index >= 15 is 0 Å². The Morgan fingerprint density at radius 1 is 1.27 bits per heavy atom. The first-order valence-electron chi connectivity index (χ1n) is 9.52. The number of nitrogens with zero attached hydrogens (tertiary/aromatic N) is 2. The van der Waals surface area contributed by atoms with Crippen LogP contribution >= 0.6 is 11.6 Å². The van der Waals surface area contributed by atoms with Crippen LogP contribution in [-0.4, -0.2) is 48.0 Å². The Labute approximate surface area is 178 Å². The number of carbonyl (C=O) groups is 1. The molecule has 0 aliphatic carbocycles. The van der Waals surface area contributed by atoms with Crippen molar-refractivity contribution in [3.05, 3.63) is 69.1 Å². The van der Waals surface area contributed by atoms with Crippen LogP contribution in [0, 0.1) is 0 Å². The van der Waals surface area contributed by atoms with Gasteiger partial charge in [-0.3, -0.25) is 9.59 Å². The Hall–Kier alpha value is -2.71. The van der Waals surface area contributed by atoms with Gasteiger partial charge in [0.05, 0.1) is 15.9 Å². The molecule has 156 valence electrons. The van der Waals surface area contributed by atoms with Crippen LogP contribution in [0.4, 0.5) is 0 Å². The Bertz CT molecular complexity index is 1300. The van der Waals surface area contributed by atoms with Gasteiger partial charge < -0.3 is 9.88 Å². The number of halogens is 1. The number of likely N-dealkylation sites (tertiary alicyclic amines) is 1. The van der Waals surface area contributed by atoms with Crippen LogP contribution in [0.25, 0.3) is 11.0 Å². The number of carbonyl (C=O) groups excluding carboxylic acids is 1. The van der Waals surface area contributed by atoms with Crippen molar-refractivity contribution in [1.82, 2.24) is 14.9 Å². The molecule has 1 N–H and O–H groups in total. The standard InChI is InChI=1S/C21H20ClN3O4S/c1-30(28,29)16-7-8-17-18(12-16)24-20(26)19(23-17)21(27)25-9-3-6-15(25)11-13-4-2-5-14(22)10-13/h2,4-5,7-8,10,12,15H,3,6,9,11H2,1H3,(H,24,26). The molecule has 3 aromatic rings. The van der Waals surface area contributed by atoms with Crippen LogP contribution in [0.5, 0.6) is 0 Å². The smallest absolute Gasteiger partial charge is 0.280 e. The summed E-state index contributed by atoms with van der Waals surface area (Å²) in [5, 5.41) is 0.643. The molecule has 1 atom stereocenters. The molecule has 1 amide bonds. The maximum absolute atomic E-state index is 13.1. The Balaban J connectivity index is 1.64. The van der Waals surface area contributed by atoms with E-state index in [2.05, 4.69) is 9.97 Å². The van der Waals surface area contributed by atoms with Gasteiger partial charge in [-0.2, -0.15) is 0 Å². The van der Waals surface area contributed by atoms with E-state index in [1.54, 1.807) is 11.0 Å². The second-order valence-corrected chi connectivity index (χ2v) is 9.95. The molecule has 1 aliphatic heterocycles. The van der Waals surface area contributed by atoms with Gasteiger partial charge in [-0.15, -0.1) is 0 Å². The largest absolute Gasteiger partial charge is 0.334 e. The molecule has 1 aromatic heterocycles. The highest BCUT2D eigenvalue weighted by Crippen LogP contribution is 2.24. The molecule has 1 fully saturated rings. The van der Waals surface area contributed by atoms with E-state index in [0.717, 1.165) is 24.7 Å². The molecule has 2 heterocycles. The van der Waals surface area contributed by atoms with Crippen molar-refractivity contribution in [3.8, 4) is 0 Å². The van der Waals surface area contributed by atoms with E-state index in [-0.39, 0.29) is 22.1 Å². The number of hydrogen-bond acceptors (Lipinski definition) is 5. The number of nitrogens with one attached hydrogen (secondary N) is 1. The van der Waals surface area contributed by atoms with Gasteiger partial charge >= 0.3 is 0 Å². The van der Waals surface area contributed by atoms with Crippen molar-refractivity contribution in [1.29, 1.82) is 0 Å². The fraction of sp³-hybridized carbons (Fsp3) is 0.286. The van der Waals surface area contributed by atoms with Gasteiger partial charge in [0.25, 0.3) is 11.5 Å². The van der Waals surface area contributed by atoms with Gasteiger partial charge in [0.15, 0.2) is 15.5 Å². The van der Waals surface area contributed by atoms with Gasteiger partial charge in [0, 0.05) is 23.9 Å². The van der Waals surface area contributed by atoms with Gasteiger partial charge in [0.1, 0.15) is 0 Å². The molecule has 4 rings (SSSR count). The molecular weight excluding hydrogens is 426 g/mol. The van der Waals surface area contributed by atoms with E-state index in [4.69, 9.17) is 11.6 Å². The molecule has 0 radical (unpaired) electrons. The number of amides is 1. The maximum Gasteiger partial charge on any atom is 0.280 e. The first kappa shape index (κ1) is 20.6. The van der Waals surface area contributed by atoms with Crippen molar-refractivity contribution in [2.75, 3.05) is 12.8 Å². The molecule has 9 heteroatoms. The molecule has 7 nitrogen and oxygen atoms in total. The zero-order chi connectivity index (χ0) is 21.5. The van der Waals surface area contributed by atoms with Crippen LogP contribution in [-0.2, 0) is 16.3 Å². The van der Waals surface area contributed by atoms with Gasteiger partial charge in [0.2, 0.25) is 0 Å². The fourth-order valence-electron chi connectivity index (χ4n) is 3.83. The SMILES string of the molecule is CS(=O)(=O)c1ccc2nc(C(=O)N3CCCC3Cc3cccc(Cl)c3)c(=O)[nH]c2c1. The molecule has 30 heavy (non-hydrogen) atoms. The van der Waals surface area contributed by atoms with Crippen molar-refractivity contribution < 1.29 is 13.2 Å². The molecule has 1 unspecified atom stereocenters. The number of H-pyrrole nitrogens is 1. The monoisotopic (exact) mass is 445 g/mol. The van der Waals surface area contributed by atoms with Crippen molar-refractivity contribution in [2.24, 2.45) is 0 Å². The number of hydrogen-bond donors (Lipinski definition) is 1. The average molecular weight is 446 g/mol. The van der Waals surface area contributed by atoms with Gasteiger partial charge in [-0.1, -0.05) is 23.7 Å². The molecule has 0 bridgehead atoms. The Morgan fingerprint density at radius 3 is 2.80 bits per heavy atom. The Kier molecular flexibility index (Phi) is 5.38. The van der Waals surface area contributed by atoms with Crippen molar-refractivity contribution >= 4 is 38.4 Å². The third-order valence-electron chi connectivity index (χ3n) is 5.29. The normalized spacial score (nSPS) is 16.9. The first-order chi connectivity index (χ1) is 14.2. The molecule has 1 aliphatic rings. The highest BCUT2D eigenvalue weighted by atomic mass is 35.5. The maximum atomic E-state index is 13.1. The third kappa shape index (κ3) is 4.11. The summed E-state index contributed by atoms with van der Waals surface area (Å²) >= 11 is 6.07. The number of benzene rings is 2. The van der Waals surface area contributed by atoms with E-state index < -0.39 is 21.3 Å². The third-order valence-corrected chi connectivity index (χ3v) is 6.64. The fourth-order valence-corrected chi connectivity index (χ4v) is 4.69. The Morgan fingerprint density at radius 2 is 2.07 bits per heavy atom. The first-order valence-corrected chi connectivity index (χ1v) is 11.8. The number of fused-ring (bicyclic) bond motifs is 1. The summed E-state index contributed by atoms with van der Waals surface area (Å²) in [7, 11) is -3.42. The number of sulfone groups is 1. The molecule has 2 aromatic carbocycles. The summed E-state index contributed by atoms with van der Waals surface area (Å²) in [6.45, 7) is 0.552. The molecular formula is C21H20ClN3O4S. The molecule has 0 saturated carbocycles. The molecule has 1 saturated heterocycles. The number of aromatic nitrogens is 2. The van der Waals surface area contributed by atoms with E-state index in [1.165, 1.54) is 18.2 Å². The zero-order valence-electron chi connectivity index (χ0n) is 16.3. The van der Waals surface area contributed by atoms with E-state index in [1.807, 2.05) is 18.2 Å². The summed E-state index contributed by atoms with van der Waals surface area (Å²) in [4.78, 5) is 34.3. The highest BCUT2D eigenvalue weighted by Gasteiger charge is 2.31. The lowest BCUT2D eigenvalue weighted by molar-refractivity contribution is 0.0729. The number of aromatic amines is 1. The van der Waals surface area contributed by atoms with Crippen molar-refractivity contribution in [3.63, 3.8) is 0 Å². The van der Waals surface area contributed by atoms with E-state index in [9.17, 15) is 18.0 Å². The predicted octanol–water partition coefficient (Wildman–Crippen LogP) is 2.83. The zero-order valence-corrected chi connectivity index (χ0v) is 17.8. The summed E-state index contributed by atoms with van der Waals surface area (Å²) in [6.07, 6.45) is 3.42. The quantitative estimate of drug-likeness (QED) is 0.665. The second kappa shape index (κ2) is 7.85. The van der Waals surface area contributed by atoms with Crippen LogP contribution in [0.3, 0.4) is 0 Å². The summed E-state index contributed by atoms with van der Waals surface area (Å²) in [5.41, 5.74) is 0.840. The van der Waals surface area contributed by atoms with Crippen LogP contribution in [0.2, 0.25) is 5.02 Å². The summed E-state index contributed by atoms with van der Waals surface area (Å²) in [5.74, 6) is -0.421. The summed E-state index contributed by atoms with van der Waals surface area (Å²) < 4.78 is 23.5. The van der Waals surface area contributed by atoms with E-state index in [0.29, 0.717) is 23.5 Å². The average Bonchev–Trinajstić information content (AvgIpc) is 3.14.